The summed E-state index contributed by atoms with van der Waals surface area (Å²) in [5, 5.41) is 0. The Morgan fingerprint density at radius 3 is 2.31 bits per heavy atom. The summed E-state index contributed by atoms with van der Waals surface area (Å²) in [4.78, 5) is 10.7. The van der Waals surface area contributed by atoms with Crippen molar-refractivity contribution in [1.29, 1.82) is 0 Å². The minimum atomic E-state index is -0.218. The number of hydrogen-bond acceptors (Lipinski definition) is 2. The van der Waals surface area contributed by atoms with E-state index >= 15 is 0 Å². The summed E-state index contributed by atoms with van der Waals surface area (Å²) in [5.41, 5.74) is 0.930. The molecule has 0 aliphatic carbocycles. The van der Waals surface area contributed by atoms with Gasteiger partial charge in [-0.25, -0.2) is 0 Å². The molecule has 0 aromatic carbocycles. The summed E-state index contributed by atoms with van der Waals surface area (Å²) in [6.07, 6.45) is 4.89. The van der Waals surface area contributed by atoms with E-state index in [0.717, 1.165) is 12.0 Å². The van der Waals surface area contributed by atoms with Gasteiger partial charge in [-0.2, -0.15) is 0 Å². The highest BCUT2D eigenvalue weighted by molar-refractivity contribution is 5.73. The van der Waals surface area contributed by atoms with E-state index in [1.165, 1.54) is 7.11 Å². The molecule has 0 radical (unpaired) electrons. The monoisotopic (exact) mass is 184 g/mol. The topological polar surface area (TPSA) is 26.3 Å². The number of carbonyl (C=O) groups excluding carboxylic acids is 1. The molecule has 0 saturated heterocycles. The van der Waals surface area contributed by atoms with Gasteiger partial charge in [0.1, 0.15) is 0 Å². The molecule has 2 heteroatoms. The Balaban J connectivity index is 0. The van der Waals surface area contributed by atoms with Crippen LogP contribution in [0.5, 0.6) is 0 Å². The maximum atomic E-state index is 10.7. The van der Waals surface area contributed by atoms with Crippen LogP contribution in [0.2, 0.25) is 0 Å². The van der Waals surface area contributed by atoms with Gasteiger partial charge >= 0.3 is 5.97 Å². The maximum Gasteiger partial charge on any atom is 0.309 e. The molecule has 0 bridgehead atoms. The van der Waals surface area contributed by atoms with Crippen molar-refractivity contribution in [2.75, 3.05) is 7.11 Å². The maximum absolute atomic E-state index is 10.7. The van der Waals surface area contributed by atoms with E-state index < -0.39 is 0 Å². The molecule has 0 amide bonds. The van der Waals surface area contributed by atoms with Crippen molar-refractivity contribution in [3.63, 3.8) is 0 Å². The molecule has 0 aliphatic heterocycles. The molecule has 0 spiro atoms. The largest absolute Gasteiger partial charge is 0.469 e. The second kappa shape index (κ2) is 11.0. The Morgan fingerprint density at radius 1 is 1.46 bits per heavy atom. The van der Waals surface area contributed by atoms with E-state index in [2.05, 4.69) is 11.3 Å². The molecule has 76 valence electrons. The molecular weight excluding hydrogens is 164 g/mol. The van der Waals surface area contributed by atoms with Gasteiger partial charge in [0.25, 0.3) is 0 Å². The van der Waals surface area contributed by atoms with E-state index in [0.29, 0.717) is 6.42 Å². The highest BCUT2D eigenvalue weighted by Crippen LogP contribution is 2.04. The number of methoxy groups -OCH3 is 1. The average Bonchev–Trinajstić information content (AvgIpc) is 2.20. The lowest BCUT2D eigenvalue weighted by molar-refractivity contribution is -0.139. The summed E-state index contributed by atoms with van der Waals surface area (Å²) in [6.45, 7) is 9.61. The van der Waals surface area contributed by atoms with Gasteiger partial charge in [0.05, 0.1) is 13.5 Å². The standard InChI is InChI=1S/C9H14O2.C2H6/c1-4-6-8(5-2)7-9(10)11-3;1-2/h5-6H,2,4,7H2,1,3H3;1-2H3/b8-6+;. The van der Waals surface area contributed by atoms with Crippen molar-refractivity contribution >= 4 is 5.97 Å². The third-order valence-electron chi connectivity index (χ3n) is 1.30. The van der Waals surface area contributed by atoms with Crippen LogP contribution in [0.4, 0.5) is 0 Å². The molecular formula is C11H20O2. The summed E-state index contributed by atoms with van der Waals surface area (Å²) < 4.78 is 4.50. The summed E-state index contributed by atoms with van der Waals surface area (Å²) >= 11 is 0. The summed E-state index contributed by atoms with van der Waals surface area (Å²) in [5.74, 6) is -0.218. The van der Waals surface area contributed by atoms with Crippen molar-refractivity contribution in [2.24, 2.45) is 0 Å². The van der Waals surface area contributed by atoms with Crippen LogP contribution in [-0.4, -0.2) is 13.1 Å². The van der Waals surface area contributed by atoms with Crippen LogP contribution in [0.3, 0.4) is 0 Å². The minimum absolute atomic E-state index is 0.218. The van der Waals surface area contributed by atoms with Gasteiger partial charge < -0.3 is 4.74 Å². The van der Waals surface area contributed by atoms with Crippen molar-refractivity contribution < 1.29 is 9.53 Å². The molecule has 13 heavy (non-hydrogen) atoms. The number of hydrogen-bond donors (Lipinski definition) is 0. The Labute approximate surface area is 81.3 Å². The van der Waals surface area contributed by atoms with Crippen LogP contribution in [0, 0.1) is 0 Å². The molecule has 0 atom stereocenters. The fraction of sp³-hybridized carbons (Fsp3) is 0.545. The van der Waals surface area contributed by atoms with Crippen molar-refractivity contribution in [3.05, 3.63) is 24.3 Å². The van der Waals surface area contributed by atoms with Crippen molar-refractivity contribution in [3.8, 4) is 0 Å². The van der Waals surface area contributed by atoms with Gasteiger partial charge in [0, 0.05) is 0 Å². The minimum Gasteiger partial charge on any atom is -0.469 e. The fourth-order valence-electron chi connectivity index (χ4n) is 0.729. The van der Waals surface area contributed by atoms with Gasteiger partial charge in [0.15, 0.2) is 0 Å². The first-order valence-electron chi connectivity index (χ1n) is 4.62. The fourth-order valence-corrected chi connectivity index (χ4v) is 0.729. The second-order valence-corrected chi connectivity index (χ2v) is 2.14. The van der Waals surface area contributed by atoms with Crippen molar-refractivity contribution in [1.82, 2.24) is 0 Å². The van der Waals surface area contributed by atoms with Gasteiger partial charge in [-0.05, 0) is 12.0 Å². The zero-order valence-electron chi connectivity index (χ0n) is 9.09. The second-order valence-electron chi connectivity index (χ2n) is 2.14. The van der Waals surface area contributed by atoms with Crippen molar-refractivity contribution in [2.45, 2.75) is 33.6 Å². The smallest absolute Gasteiger partial charge is 0.309 e. The third-order valence-corrected chi connectivity index (χ3v) is 1.30. The highest BCUT2D eigenvalue weighted by Gasteiger charge is 2.00. The normalized spacial score (nSPS) is 9.69. The van der Waals surface area contributed by atoms with E-state index in [4.69, 9.17) is 0 Å². The van der Waals surface area contributed by atoms with Crippen LogP contribution in [0.1, 0.15) is 33.6 Å². The molecule has 2 nitrogen and oxygen atoms in total. The van der Waals surface area contributed by atoms with Crippen LogP contribution in [0.25, 0.3) is 0 Å². The van der Waals surface area contributed by atoms with Crippen LogP contribution >= 0.6 is 0 Å². The molecule has 0 N–H and O–H groups in total. The average molecular weight is 184 g/mol. The molecule has 0 unspecified atom stereocenters. The highest BCUT2D eigenvalue weighted by atomic mass is 16.5. The molecule has 0 rings (SSSR count). The molecule has 0 aliphatic rings. The van der Waals surface area contributed by atoms with Gasteiger partial charge in [-0.3, -0.25) is 4.79 Å². The summed E-state index contributed by atoms with van der Waals surface area (Å²) in [7, 11) is 1.38. The lowest BCUT2D eigenvalue weighted by atomic mass is 10.1. The number of esters is 1. The predicted molar refractivity (Wildman–Crippen MR) is 56.6 cm³/mol. The number of rotatable bonds is 4. The number of carbonyl (C=O) groups is 1. The van der Waals surface area contributed by atoms with E-state index in [1.807, 2.05) is 26.8 Å². The Kier molecular flexibility index (Phi) is 12.2. The summed E-state index contributed by atoms with van der Waals surface area (Å²) in [6, 6.07) is 0. The van der Waals surface area contributed by atoms with Gasteiger partial charge in [-0.15, -0.1) is 0 Å². The quantitative estimate of drug-likeness (QED) is 0.495. The molecule has 0 aromatic rings. The van der Waals surface area contributed by atoms with Gasteiger partial charge in [0.2, 0.25) is 0 Å². The first-order valence-corrected chi connectivity index (χ1v) is 4.62. The van der Waals surface area contributed by atoms with E-state index in [9.17, 15) is 4.79 Å². The lowest BCUT2D eigenvalue weighted by Crippen LogP contribution is -2.00. The van der Waals surface area contributed by atoms with E-state index in [-0.39, 0.29) is 5.97 Å². The van der Waals surface area contributed by atoms with E-state index in [1.54, 1.807) is 6.08 Å². The molecule has 0 fully saturated rings. The Bertz CT molecular complexity index is 169. The molecule has 0 aromatic heterocycles. The van der Waals surface area contributed by atoms with Gasteiger partial charge in [-0.1, -0.05) is 39.5 Å². The number of ether oxygens (including phenoxy) is 1. The lowest BCUT2D eigenvalue weighted by Gasteiger charge is -1.98. The number of allylic oxidation sites excluding steroid dienone is 2. The first-order chi connectivity index (χ1) is 6.24. The first kappa shape index (κ1) is 14.5. The predicted octanol–water partition coefficient (Wildman–Crippen LogP) is 3.10. The third kappa shape index (κ3) is 8.86. The Morgan fingerprint density at radius 2 is 2.00 bits per heavy atom. The SMILES string of the molecule is C=C/C(=C\CC)CC(=O)OC.CC. The van der Waals surface area contributed by atoms with Crippen LogP contribution in [0.15, 0.2) is 24.3 Å². The van der Waals surface area contributed by atoms with Crippen LogP contribution < -0.4 is 0 Å². The zero-order chi connectivity index (χ0) is 10.7. The Hall–Kier alpha value is -1.05. The zero-order valence-corrected chi connectivity index (χ0v) is 9.09. The molecule has 0 heterocycles. The molecule has 0 saturated carbocycles. The van der Waals surface area contributed by atoms with Crippen LogP contribution in [-0.2, 0) is 9.53 Å².